The van der Waals surface area contributed by atoms with Crippen molar-refractivity contribution in [2.75, 3.05) is 33.4 Å². The lowest BCUT2D eigenvalue weighted by atomic mass is 10.2. The van der Waals surface area contributed by atoms with E-state index in [0.29, 0.717) is 25.9 Å². The van der Waals surface area contributed by atoms with Crippen LogP contribution in [0, 0.1) is 0 Å². The maximum Gasteiger partial charge on any atom is 0.0900 e. The Kier molecular flexibility index (Phi) is 6.47. The SMILES string of the molecule is CN(CC(O)COCc1ccccc1)CC1CCCO1. The molecule has 1 aromatic rings. The van der Waals surface area contributed by atoms with E-state index in [1.807, 2.05) is 37.4 Å². The zero-order valence-electron chi connectivity index (χ0n) is 12.2. The molecule has 1 N–H and O–H groups in total. The van der Waals surface area contributed by atoms with Crippen molar-refractivity contribution in [2.45, 2.75) is 31.7 Å². The average molecular weight is 279 g/mol. The molecule has 0 saturated carbocycles. The molecule has 0 aromatic heterocycles. The van der Waals surface area contributed by atoms with E-state index in [0.717, 1.165) is 31.6 Å². The fourth-order valence-corrected chi connectivity index (χ4v) is 2.51. The summed E-state index contributed by atoms with van der Waals surface area (Å²) in [6.45, 7) is 3.30. The number of aliphatic hydroxyl groups is 1. The molecule has 1 aliphatic rings. The van der Waals surface area contributed by atoms with Gasteiger partial charge in [0.1, 0.15) is 0 Å². The summed E-state index contributed by atoms with van der Waals surface area (Å²) in [4.78, 5) is 2.12. The zero-order chi connectivity index (χ0) is 14.2. The van der Waals surface area contributed by atoms with Gasteiger partial charge >= 0.3 is 0 Å². The Morgan fingerprint density at radius 1 is 1.40 bits per heavy atom. The second-order valence-corrected chi connectivity index (χ2v) is 5.51. The van der Waals surface area contributed by atoms with Crippen LogP contribution in [0.15, 0.2) is 30.3 Å². The predicted octanol–water partition coefficient (Wildman–Crippen LogP) is 1.67. The quantitative estimate of drug-likeness (QED) is 0.786. The molecule has 4 heteroatoms. The molecule has 0 amide bonds. The van der Waals surface area contributed by atoms with Gasteiger partial charge in [-0.1, -0.05) is 30.3 Å². The highest BCUT2D eigenvalue weighted by atomic mass is 16.5. The molecule has 0 bridgehead atoms. The highest BCUT2D eigenvalue weighted by molar-refractivity contribution is 5.13. The van der Waals surface area contributed by atoms with Gasteiger partial charge in [0.05, 0.1) is 25.4 Å². The van der Waals surface area contributed by atoms with Crippen molar-refractivity contribution in [3.8, 4) is 0 Å². The van der Waals surface area contributed by atoms with Gasteiger partial charge in [-0.2, -0.15) is 0 Å². The van der Waals surface area contributed by atoms with E-state index in [4.69, 9.17) is 9.47 Å². The van der Waals surface area contributed by atoms with Crippen molar-refractivity contribution in [1.82, 2.24) is 4.90 Å². The standard InChI is InChI=1S/C16H25NO3/c1-17(11-16-8-5-9-20-16)10-15(18)13-19-12-14-6-3-2-4-7-14/h2-4,6-7,15-16,18H,5,8-13H2,1H3. The lowest BCUT2D eigenvalue weighted by Crippen LogP contribution is -2.36. The van der Waals surface area contributed by atoms with Crippen LogP contribution in [0.25, 0.3) is 0 Å². The molecule has 1 saturated heterocycles. The largest absolute Gasteiger partial charge is 0.389 e. The Hall–Kier alpha value is -0.940. The van der Waals surface area contributed by atoms with Gasteiger partial charge in [0.2, 0.25) is 0 Å². The van der Waals surface area contributed by atoms with Crippen LogP contribution in [-0.4, -0.2) is 55.6 Å². The van der Waals surface area contributed by atoms with Gasteiger partial charge in [-0.05, 0) is 25.5 Å². The first-order valence-corrected chi connectivity index (χ1v) is 7.34. The monoisotopic (exact) mass is 279 g/mol. The third kappa shape index (κ3) is 5.59. The highest BCUT2D eigenvalue weighted by Crippen LogP contribution is 2.12. The number of nitrogens with zero attached hydrogens (tertiary/aromatic N) is 1. The molecule has 1 heterocycles. The van der Waals surface area contributed by atoms with Crippen LogP contribution in [-0.2, 0) is 16.1 Å². The van der Waals surface area contributed by atoms with Crippen LogP contribution in [0.5, 0.6) is 0 Å². The van der Waals surface area contributed by atoms with Gasteiger partial charge in [-0.3, -0.25) is 0 Å². The molecular formula is C16H25NO3. The molecule has 0 spiro atoms. The summed E-state index contributed by atoms with van der Waals surface area (Å²) >= 11 is 0. The lowest BCUT2D eigenvalue weighted by molar-refractivity contribution is 0.00467. The summed E-state index contributed by atoms with van der Waals surface area (Å²) < 4.78 is 11.1. The maximum atomic E-state index is 9.96. The summed E-state index contributed by atoms with van der Waals surface area (Å²) in [5.41, 5.74) is 1.13. The molecule has 1 aliphatic heterocycles. The molecule has 1 fully saturated rings. The van der Waals surface area contributed by atoms with Crippen LogP contribution >= 0.6 is 0 Å². The van der Waals surface area contributed by atoms with Crippen molar-refractivity contribution in [3.63, 3.8) is 0 Å². The van der Waals surface area contributed by atoms with Crippen molar-refractivity contribution in [2.24, 2.45) is 0 Å². The van der Waals surface area contributed by atoms with E-state index >= 15 is 0 Å². The Balaban J connectivity index is 1.58. The van der Waals surface area contributed by atoms with Gasteiger partial charge in [-0.15, -0.1) is 0 Å². The molecular weight excluding hydrogens is 254 g/mol. The van der Waals surface area contributed by atoms with E-state index in [1.165, 1.54) is 0 Å². The molecule has 112 valence electrons. The second kappa shape index (κ2) is 8.37. The number of benzene rings is 1. The van der Waals surface area contributed by atoms with Crippen molar-refractivity contribution in [1.29, 1.82) is 0 Å². The number of likely N-dealkylation sites (N-methyl/N-ethyl adjacent to an activating group) is 1. The summed E-state index contributed by atoms with van der Waals surface area (Å²) in [5.74, 6) is 0. The highest BCUT2D eigenvalue weighted by Gasteiger charge is 2.18. The number of aliphatic hydroxyl groups excluding tert-OH is 1. The molecule has 20 heavy (non-hydrogen) atoms. The van der Waals surface area contributed by atoms with E-state index in [-0.39, 0.29) is 0 Å². The fourth-order valence-electron chi connectivity index (χ4n) is 2.51. The molecule has 0 radical (unpaired) electrons. The van der Waals surface area contributed by atoms with Crippen LogP contribution in [0.3, 0.4) is 0 Å². The Labute approximate surface area is 121 Å². The van der Waals surface area contributed by atoms with Crippen LogP contribution in [0.1, 0.15) is 18.4 Å². The normalized spacial score (nSPS) is 20.4. The smallest absolute Gasteiger partial charge is 0.0900 e. The summed E-state index contributed by atoms with van der Waals surface area (Å²) in [6.07, 6.45) is 2.16. The molecule has 1 aromatic carbocycles. The van der Waals surface area contributed by atoms with Gasteiger partial charge in [0, 0.05) is 19.7 Å². The lowest BCUT2D eigenvalue weighted by Gasteiger charge is -2.23. The predicted molar refractivity (Wildman–Crippen MR) is 78.6 cm³/mol. The van der Waals surface area contributed by atoms with Crippen LogP contribution in [0.2, 0.25) is 0 Å². The Morgan fingerprint density at radius 3 is 2.90 bits per heavy atom. The Bertz CT molecular complexity index is 365. The van der Waals surface area contributed by atoms with Gasteiger partial charge in [0.15, 0.2) is 0 Å². The minimum atomic E-state index is -0.454. The summed E-state index contributed by atoms with van der Waals surface area (Å²) in [6, 6.07) is 10.0. The summed E-state index contributed by atoms with van der Waals surface area (Å²) in [5, 5.41) is 9.96. The average Bonchev–Trinajstić information content (AvgIpc) is 2.92. The van der Waals surface area contributed by atoms with E-state index < -0.39 is 6.10 Å². The van der Waals surface area contributed by atoms with Gasteiger partial charge < -0.3 is 19.5 Å². The van der Waals surface area contributed by atoms with E-state index in [1.54, 1.807) is 0 Å². The van der Waals surface area contributed by atoms with Crippen molar-refractivity contribution >= 4 is 0 Å². The number of hydrogen-bond acceptors (Lipinski definition) is 4. The van der Waals surface area contributed by atoms with Crippen LogP contribution in [0.4, 0.5) is 0 Å². The third-order valence-electron chi connectivity index (χ3n) is 3.48. The summed E-state index contributed by atoms with van der Waals surface area (Å²) in [7, 11) is 2.02. The Morgan fingerprint density at radius 2 is 2.20 bits per heavy atom. The maximum absolute atomic E-state index is 9.96. The topological polar surface area (TPSA) is 41.9 Å². The van der Waals surface area contributed by atoms with Crippen molar-refractivity contribution < 1.29 is 14.6 Å². The molecule has 2 unspecified atom stereocenters. The van der Waals surface area contributed by atoms with Crippen LogP contribution < -0.4 is 0 Å². The van der Waals surface area contributed by atoms with Gasteiger partial charge in [-0.25, -0.2) is 0 Å². The second-order valence-electron chi connectivity index (χ2n) is 5.51. The first-order valence-electron chi connectivity index (χ1n) is 7.34. The molecule has 2 atom stereocenters. The van der Waals surface area contributed by atoms with Crippen molar-refractivity contribution in [3.05, 3.63) is 35.9 Å². The number of ether oxygens (including phenoxy) is 2. The number of rotatable bonds is 8. The number of hydrogen-bond donors (Lipinski definition) is 1. The minimum Gasteiger partial charge on any atom is -0.389 e. The fraction of sp³-hybridized carbons (Fsp3) is 0.625. The first kappa shape index (κ1) is 15.4. The van der Waals surface area contributed by atoms with E-state index in [9.17, 15) is 5.11 Å². The minimum absolute atomic E-state index is 0.331. The molecule has 0 aliphatic carbocycles. The van der Waals surface area contributed by atoms with Gasteiger partial charge in [0.25, 0.3) is 0 Å². The zero-order valence-corrected chi connectivity index (χ0v) is 12.2. The molecule has 2 rings (SSSR count). The molecule has 4 nitrogen and oxygen atoms in total. The first-order chi connectivity index (χ1) is 9.74. The van der Waals surface area contributed by atoms with E-state index in [2.05, 4.69) is 4.90 Å². The third-order valence-corrected chi connectivity index (χ3v) is 3.48.